The van der Waals surface area contributed by atoms with Gasteiger partial charge in [-0.3, -0.25) is 4.79 Å². The van der Waals surface area contributed by atoms with Gasteiger partial charge in [0.2, 0.25) is 5.88 Å². The fraction of sp³-hybridized carbons (Fsp3) is 0.353. The Morgan fingerprint density at radius 1 is 1.42 bits per heavy atom. The van der Waals surface area contributed by atoms with Crippen molar-refractivity contribution in [3.63, 3.8) is 0 Å². The predicted octanol–water partition coefficient (Wildman–Crippen LogP) is 2.79. The summed E-state index contributed by atoms with van der Waals surface area (Å²) < 4.78 is 10.9. The van der Waals surface area contributed by atoms with E-state index in [-0.39, 0.29) is 24.1 Å². The van der Waals surface area contributed by atoms with Gasteiger partial charge in [0.25, 0.3) is 5.91 Å². The number of hydrogen-bond donors (Lipinski definition) is 2. The van der Waals surface area contributed by atoms with Crippen molar-refractivity contribution >= 4 is 11.9 Å². The maximum Gasteiger partial charge on any atom is 0.339 e. The monoisotopic (exact) mass is 332 g/mol. The first-order valence-electron chi connectivity index (χ1n) is 7.64. The van der Waals surface area contributed by atoms with E-state index in [1.807, 2.05) is 13.8 Å². The summed E-state index contributed by atoms with van der Waals surface area (Å²) in [6, 6.07) is 4.55. The Kier molecular flexibility index (Phi) is 5.57. The Labute approximate surface area is 139 Å². The number of nitrogens with one attached hydrogen (secondary N) is 1. The van der Waals surface area contributed by atoms with Crippen LogP contribution in [0.5, 0.6) is 5.88 Å². The quantitative estimate of drug-likeness (QED) is 0.808. The normalized spacial score (nSPS) is 11.8. The van der Waals surface area contributed by atoms with E-state index in [4.69, 9.17) is 14.3 Å². The molecule has 0 bridgehead atoms. The molecule has 0 spiro atoms. The van der Waals surface area contributed by atoms with E-state index in [0.717, 1.165) is 6.42 Å². The summed E-state index contributed by atoms with van der Waals surface area (Å²) >= 11 is 0. The molecule has 2 N–H and O–H groups in total. The number of carboxylic acid groups (broad SMARTS) is 1. The highest BCUT2D eigenvalue weighted by Crippen LogP contribution is 2.15. The molecule has 0 saturated carbocycles. The van der Waals surface area contributed by atoms with Gasteiger partial charge in [0.15, 0.2) is 0 Å². The van der Waals surface area contributed by atoms with Crippen LogP contribution in [0.15, 0.2) is 28.8 Å². The Bertz CT molecular complexity index is 738. The highest BCUT2D eigenvalue weighted by molar-refractivity contribution is 5.94. The van der Waals surface area contributed by atoms with E-state index in [1.54, 1.807) is 19.1 Å². The Hall–Kier alpha value is -2.83. The fourth-order valence-corrected chi connectivity index (χ4v) is 2.02. The maximum atomic E-state index is 12.2. The van der Waals surface area contributed by atoms with Crippen LogP contribution >= 0.6 is 0 Å². The minimum atomic E-state index is -1.06. The van der Waals surface area contributed by atoms with Gasteiger partial charge < -0.3 is 19.6 Å². The average Bonchev–Trinajstić information content (AvgIpc) is 2.94. The predicted molar refractivity (Wildman–Crippen MR) is 86.2 cm³/mol. The molecule has 0 aliphatic rings. The van der Waals surface area contributed by atoms with Crippen molar-refractivity contribution in [2.45, 2.75) is 39.8 Å². The second kappa shape index (κ2) is 7.63. The first kappa shape index (κ1) is 17.5. The number of carbonyl (C=O) groups excluding carboxylic acids is 1. The van der Waals surface area contributed by atoms with Gasteiger partial charge in [0, 0.05) is 17.8 Å². The number of aromatic carboxylic acids is 1. The third-order valence-corrected chi connectivity index (χ3v) is 3.52. The number of pyridine rings is 1. The summed E-state index contributed by atoms with van der Waals surface area (Å²) in [5.74, 6) is -0.311. The Balaban J connectivity index is 2.01. The van der Waals surface area contributed by atoms with Gasteiger partial charge in [-0.1, -0.05) is 6.92 Å². The number of amides is 1. The molecule has 0 saturated heterocycles. The van der Waals surface area contributed by atoms with Gasteiger partial charge in [-0.15, -0.1) is 0 Å². The lowest BCUT2D eigenvalue weighted by Gasteiger charge is -2.12. The van der Waals surface area contributed by atoms with Crippen LogP contribution in [-0.4, -0.2) is 28.1 Å². The van der Waals surface area contributed by atoms with Crippen LogP contribution in [0.2, 0.25) is 0 Å². The summed E-state index contributed by atoms with van der Waals surface area (Å²) in [6.07, 6.45) is 2.35. The minimum absolute atomic E-state index is 0.0105. The summed E-state index contributed by atoms with van der Waals surface area (Å²) in [7, 11) is 0. The topological polar surface area (TPSA) is 102 Å². The molecule has 0 radical (unpaired) electrons. The molecule has 0 fully saturated rings. The first-order chi connectivity index (χ1) is 11.4. The van der Waals surface area contributed by atoms with Crippen molar-refractivity contribution in [1.82, 2.24) is 10.3 Å². The molecule has 0 aliphatic carbocycles. The smallest absolute Gasteiger partial charge is 0.339 e. The van der Waals surface area contributed by atoms with Crippen LogP contribution < -0.4 is 10.1 Å². The van der Waals surface area contributed by atoms with Crippen molar-refractivity contribution in [2.75, 3.05) is 0 Å². The maximum absolute atomic E-state index is 12.2. The Morgan fingerprint density at radius 2 is 2.17 bits per heavy atom. The first-order valence-corrected chi connectivity index (χ1v) is 7.64. The third-order valence-electron chi connectivity index (χ3n) is 3.52. The molecule has 2 aromatic rings. The average molecular weight is 332 g/mol. The second-order valence-electron chi connectivity index (χ2n) is 5.39. The van der Waals surface area contributed by atoms with Gasteiger partial charge in [0.05, 0.1) is 12.6 Å². The van der Waals surface area contributed by atoms with Crippen molar-refractivity contribution < 1.29 is 23.8 Å². The molecule has 1 unspecified atom stereocenters. The highest BCUT2D eigenvalue weighted by Gasteiger charge is 2.15. The standard InChI is InChI=1S/C17H20N2O5/c1-4-10(2)23-15-7-12(5-6-18-15)16(20)19-9-13-8-14(17(21)22)11(3)24-13/h5-8,10H,4,9H2,1-3H3,(H,19,20)(H,21,22). The SMILES string of the molecule is CCC(C)Oc1cc(C(=O)NCc2cc(C(=O)O)c(C)o2)ccn1. The van der Waals surface area contributed by atoms with E-state index < -0.39 is 5.97 Å². The molecule has 1 amide bonds. The molecule has 2 aromatic heterocycles. The molecule has 1 atom stereocenters. The number of aromatic nitrogens is 1. The molecule has 0 aliphatic heterocycles. The molecule has 0 aromatic carbocycles. The lowest BCUT2D eigenvalue weighted by Crippen LogP contribution is -2.22. The summed E-state index contributed by atoms with van der Waals surface area (Å²) in [5, 5.41) is 11.7. The van der Waals surface area contributed by atoms with Crippen molar-refractivity contribution in [2.24, 2.45) is 0 Å². The molecule has 24 heavy (non-hydrogen) atoms. The largest absolute Gasteiger partial charge is 0.478 e. The van der Waals surface area contributed by atoms with Crippen LogP contribution in [0.4, 0.5) is 0 Å². The number of ether oxygens (including phenoxy) is 1. The number of aryl methyl sites for hydroxylation is 1. The van der Waals surface area contributed by atoms with Gasteiger partial charge in [-0.25, -0.2) is 9.78 Å². The van der Waals surface area contributed by atoms with Crippen molar-refractivity contribution in [3.05, 3.63) is 47.0 Å². The van der Waals surface area contributed by atoms with Crippen LogP contribution in [0.3, 0.4) is 0 Å². The van der Waals surface area contributed by atoms with E-state index >= 15 is 0 Å². The van der Waals surface area contributed by atoms with Gasteiger partial charge >= 0.3 is 5.97 Å². The zero-order valence-electron chi connectivity index (χ0n) is 13.8. The highest BCUT2D eigenvalue weighted by atomic mass is 16.5. The molecule has 128 valence electrons. The second-order valence-corrected chi connectivity index (χ2v) is 5.39. The van der Waals surface area contributed by atoms with Crippen LogP contribution in [0, 0.1) is 6.92 Å². The summed E-state index contributed by atoms with van der Waals surface area (Å²) in [4.78, 5) is 27.3. The van der Waals surface area contributed by atoms with Crippen LogP contribution in [0.1, 0.15) is 52.5 Å². The van der Waals surface area contributed by atoms with Crippen LogP contribution in [0.25, 0.3) is 0 Å². The summed E-state index contributed by atoms with van der Waals surface area (Å²) in [5.41, 5.74) is 0.498. The fourth-order valence-electron chi connectivity index (χ4n) is 2.02. The summed E-state index contributed by atoms with van der Waals surface area (Å²) in [6.45, 7) is 5.58. The number of carboxylic acids is 1. The van der Waals surface area contributed by atoms with E-state index in [1.165, 1.54) is 12.3 Å². The van der Waals surface area contributed by atoms with Crippen LogP contribution in [-0.2, 0) is 6.54 Å². The molecule has 2 rings (SSSR count). The number of rotatable bonds is 7. The third kappa shape index (κ3) is 4.34. The van der Waals surface area contributed by atoms with Crippen molar-refractivity contribution in [1.29, 1.82) is 0 Å². The number of furan rings is 1. The van der Waals surface area contributed by atoms with Gasteiger partial charge in [-0.05, 0) is 32.4 Å². The number of carbonyl (C=O) groups is 2. The van der Waals surface area contributed by atoms with Crippen molar-refractivity contribution in [3.8, 4) is 5.88 Å². The number of nitrogens with zero attached hydrogens (tertiary/aromatic N) is 1. The van der Waals surface area contributed by atoms with Gasteiger partial charge in [0.1, 0.15) is 17.1 Å². The minimum Gasteiger partial charge on any atom is -0.478 e. The molecular weight excluding hydrogens is 312 g/mol. The van der Waals surface area contributed by atoms with E-state index in [0.29, 0.717) is 23.0 Å². The lowest BCUT2D eigenvalue weighted by atomic mass is 10.2. The zero-order valence-corrected chi connectivity index (χ0v) is 13.8. The Morgan fingerprint density at radius 3 is 2.79 bits per heavy atom. The van der Waals surface area contributed by atoms with E-state index in [9.17, 15) is 9.59 Å². The molecule has 7 heteroatoms. The zero-order chi connectivity index (χ0) is 17.7. The lowest BCUT2D eigenvalue weighted by molar-refractivity contribution is 0.0694. The van der Waals surface area contributed by atoms with E-state index in [2.05, 4.69) is 10.3 Å². The molecule has 2 heterocycles. The molecule has 7 nitrogen and oxygen atoms in total. The van der Waals surface area contributed by atoms with Gasteiger partial charge in [-0.2, -0.15) is 0 Å². The number of hydrogen-bond acceptors (Lipinski definition) is 5. The molecular formula is C17H20N2O5.